The molecular formula is C30H37F4N5O3. The van der Waals surface area contributed by atoms with Crippen LogP contribution in [0.5, 0.6) is 0 Å². The first-order chi connectivity index (χ1) is 19.8. The number of hydrogen-bond acceptors (Lipinski definition) is 4. The van der Waals surface area contributed by atoms with E-state index in [4.69, 9.17) is 0 Å². The molecule has 228 valence electrons. The summed E-state index contributed by atoms with van der Waals surface area (Å²) in [6, 6.07) is 2.46. The van der Waals surface area contributed by atoms with E-state index in [0.717, 1.165) is 31.7 Å². The predicted molar refractivity (Wildman–Crippen MR) is 147 cm³/mol. The van der Waals surface area contributed by atoms with Gasteiger partial charge in [0.25, 0.3) is 5.91 Å². The number of halogens is 4. The van der Waals surface area contributed by atoms with Crippen molar-refractivity contribution in [3.63, 3.8) is 0 Å². The second-order valence-corrected chi connectivity index (χ2v) is 12.3. The number of hydrogen-bond donors (Lipinski definition) is 3. The summed E-state index contributed by atoms with van der Waals surface area (Å²) in [6.07, 6.45) is 1.60. The first kappa shape index (κ1) is 30.0. The van der Waals surface area contributed by atoms with E-state index in [1.807, 2.05) is 13.8 Å². The zero-order chi connectivity index (χ0) is 30.3. The van der Waals surface area contributed by atoms with Gasteiger partial charge in [0.2, 0.25) is 11.8 Å². The molecule has 3 saturated carbocycles. The van der Waals surface area contributed by atoms with Crippen molar-refractivity contribution in [1.29, 1.82) is 0 Å². The van der Waals surface area contributed by atoms with Crippen molar-refractivity contribution in [2.75, 3.05) is 5.32 Å². The van der Waals surface area contributed by atoms with Crippen LogP contribution < -0.4 is 16.0 Å². The van der Waals surface area contributed by atoms with Crippen LogP contribution >= 0.6 is 0 Å². The monoisotopic (exact) mass is 591 g/mol. The van der Waals surface area contributed by atoms with Crippen LogP contribution in [0.2, 0.25) is 0 Å². The number of benzene rings is 1. The Hall–Kier alpha value is -3.44. The standard InChI is InChI=1S/C30H37F4N5O3/c1-15(2)39-23(12-13-35-39)28(41)37-25(24(17-4-5-17)18-6-7-18)29(42)36-22-11-10-20(14-21(22)31)16(3)27(40)38-26(19-8-9-19)30(32,33)34/h10-19,24-26H,4-9H2,1-3H3,(H,36,42)(H,37,41)(H,38,40)/t16-,25-,26?/m0/s1. The number of anilines is 1. The van der Waals surface area contributed by atoms with Crippen molar-refractivity contribution < 1.29 is 31.9 Å². The number of alkyl halides is 3. The quantitative estimate of drug-likeness (QED) is 0.290. The molecular weight excluding hydrogens is 554 g/mol. The van der Waals surface area contributed by atoms with E-state index >= 15 is 4.39 Å². The molecule has 2 aromatic rings. The Balaban J connectivity index is 1.30. The van der Waals surface area contributed by atoms with Gasteiger partial charge in [-0.15, -0.1) is 0 Å². The van der Waals surface area contributed by atoms with Crippen LogP contribution in [0.1, 0.15) is 87.3 Å². The number of carbonyl (C=O) groups excluding carboxylic acids is 3. The Morgan fingerprint density at radius 2 is 1.52 bits per heavy atom. The van der Waals surface area contributed by atoms with Crippen LogP contribution in [-0.4, -0.2) is 45.8 Å². The Bertz CT molecular complexity index is 1320. The van der Waals surface area contributed by atoms with Crippen molar-refractivity contribution in [2.45, 2.75) is 89.5 Å². The molecule has 0 bridgehead atoms. The molecule has 42 heavy (non-hydrogen) atoms. The van der Waals surface area contributed by atoms with E-state index in [1.165, 1.54) is 25.3 Å². The van der Waals surface area contributed by atoms with Gasteiger partial charge >= 0.3 is 6.18 Å². The average Bonchev–Trinajstić information content (AvgIpc) is 3.79. The lowest BCUT2D eigenvalue weighted by atomic mass is 9.88. The highest BCUT2D eigenvalue weighted by molar-refractivity contribution is 6.01. The van der Waals surface area contributed by atoms with Gasteiger partial charge in [-0.3, -0.25) is 19.1 Å². The zero-order valence-corrected chi connectivity index (χ0v) is 23.9. The SMILES string of the molecule is CC(C)n1nccc1C(=O)N[C@H](C(=O)Nc1ccc([C@H](C)C(=O)NC(C2CC2)C(F)(F)F)cc1F)C(C1CC1)C1CC1. The maximum Gasteiger partial charge on any atom is 0.408 e. The first-order valence-corrected chi connectivity index (χ1v) is 14.7. The fourth-order valence-electron chi connectivity index (χ4n) is 5.79. The van der Waals surface area contributed by atoms with Gasteiger partial charge < -0.3 is 16.0 Å². The van der Waals surface area contributed by atoms with Crippen LogP contribution in [-0.2, 0) is 9.59 Å². The fraction of sp³-hybridized carbons (Fsp3) is 0.600. The molecule has 5 rings (SSSR count). The Morgan fingerprint density at radius 1 is 0.905 bits per heavy atom. The number of rotatable bonds is 12. The maximum atomic E-state index is 15.2. The van der Waals surface area contributed by atoms with Crippen molar-refractivity contribution in [1.82, 2.24) is 20.4 Å². The zero-order valence-electron chi connectivity index (χ0n) is 23.9. The molecule has 3 aliphatic carbocycles. The summed E-state index contributed by atoms with van der Waals surface area (Å²) in [5.74, 6) is -3.82. The highest BCUT2D eigenvalue weighted by Gasteiger charge is 2.50. The number of carbonyl (C=O) groups is 3. The van der Waals surface area contributed by atoms with Gasteiger partial charge in [-0.25, -0.2) is 4.39 Å². The maximum absolute atomic E-state index is 15.2. The summed E-state index contributed by atoms with van der Waals surface area (Å²) < 4.78 is 56.9. The van der Waals surface area contributed by atoms with Crippen LogP contribution in [0.15, 0.2) is 30.5 Å². The van der Waals surface area contributed by atoms with Crippen molar-refractivity contribution in [3.05, 3.63) is 47.5 Å². The molecule has 12 heteroatoms. The molecule has 1 aromatic heterocycles. The Labute approximate surface area is 242 Å². The van der Waals surface area contributed by atoms with Crippen LogP contribution in [0.4, 0.5) is 23.2 Å². The summed E-state index contributed by atoms with van der Waals surface area (Å²) in [7, 11) is 0. The molecule has 0 radical (unpaired) electrons. The smallest absolute Gasteiger partial charge is 0.344 e. The Kier molecular flexibility index (Phi) is 8.35. The minimum Gasteiger partial charge on any atom is -0.344 e. The van der Waals surface area contributed by atoms with Gasteiger partial charge in [0.05, 0.1) is 11.6 Å². The molecule has 1 unspecified atom stereocenters. The lowest BCUT2D eigenvalue weighted by Crippen LogP contribution is -2.50. The highest BCUT2D eigenvalue weighted by Crippen LogP contribution is 2.51. The van der Waals surface area contributed by atoms with Gasteiger partial charge in [-0.1, -0.05) is 6.07 Å². The molecule has 0 saturated heterocycles. The first-order valence-electron chi connectivity index (χ1n) is 14.7. The van der Waals surface area contributed by atoms with Crippen LogP contribution in [0.3, 0.4) is 0 Å². The lowest BCUT2D eigenvalue weighted by molar-refractivity contribution is -0.166. The second kappa shape index (κ2) is 11.7. The largest absolute Gasteiger partial charge is 0.408 e. The van der Waals surface area contributed by atoms with Gasteiger partial charge in [-0.05, 0) is 107 Å². The number of aromatic nitrogens is 2. The third-order valence-corrected chi connectivity index (χ3v) is 8.57. The van der Waals surface area contributed by atoms with Gasteiger partial charge in [-0.2, -0.15) is 18.3 Å². The third kappa shape index (κ3) is 6.78. The fourth-order valence-corrected chi connectivity index (χ4v) is 5.79. The molecule has 8 nitrogen and oxygen atoms in total. The van der Waals surface area contributed by atoms with E-state index in [9.17, 15) is 27.6 Å². The van der Waals surface area contributed by atoms with E-state index in [1.54, 1.807) is 10.7 Å². The van der Waals surface area contributed by atoms with Crippen molar-refractivity contribution >= 4 is 23.4 Å². The summed E-state index contributed by atoms with van der Waals surface area (Å²) in [4.78, 5) is 39.5. The van der Waals surface area contributed by atoms with Crippen molar-refractivity contribution in [2.24, 2.45) is 23.7 Å². The predicted octanol–water partition coefficient (Wildman–Crippen LogP) is 5.34. The van der Waals surface area contributed by atoms with E-state index < -0.39 is 53.6 Å². The summed E-state index contributed by atoms with van der Waals surface area (Å²) in [5.41, 5.74) is 0.366. The molecule has 3 fully saturated rings. The van der Waals surface area contributed by atoms with Gasteiger partial charge in [0.15, 0.2) is 0 Å². The topological polar surface area (TPSA) is 105 Å². The minimum atomic E-state index is -4.56. The van der Waals surface area contributed by atoms with E-state index in [-0.39, 0.29) is 23.2 Å². The van der Waals surface area contributed by atoms with Crippen molar-refractivity contribution in [3.8, 4) is 0 Å². The number of nitrogens with zero attached hydrogens (tertiary/aromatic N) is 2. The molecule has 0 spiro atoms. The molecule has 0 aliphatic heterocycles. The summed E-state index contributed by atoms with van der Waals surface area (Å²) in [6.45, 7) is 5.19. The lowest BCUT2D eigenvalue weighted by Gasteiger charge is -2.28. The molecule has 1 aromatic carbocycles. The average molecular weight is 592 g/mol. The Morgan fingerprint density at radius 3 is 2.05 bits per heavy atom. The summed E-state index contributed by atoms with van der Waals surface area (Å²) >= 11 is 0. The van der Waals surface area contributed by atoms with Gasteiger partial charge in [0.1, 0.15) is 23.6 Å². The number of nitrogens with one attached hydrogen (secondary N) is 3. The second-order valence-electron chi connectivity index (χ2n) is 12.3. The van der Waals surface area contributed by atoms with E-state index in [0.29, 0.717) is 30.4 Å². The van der Waals surface area contributed by atoms with E-state index in [2.05, 4.69) is 21.0 Å². The molecule has 3 aliphatic rings. The molecule has 3 N–H and O–H groups in total. The highest BCUT2D eigenvalue weighted by atomic mass is 19.4. The normalized spacial score (nSPS) is 19.4. The van der Waals surface area contributed by atoms with Gasteiger partial charge in [0, 0.05) is 12.2 Å². The molecule has 3 atom stereocenters. The third-order valence-electron chi connectivity index (χ3n) is 8.57. The van der Waals surface area contributed by atoms with Crippen LogP contribution in [0, 0.1) is 29.5 Å². The molecule has 1 heterocycles. The minimum absolute atomic E-state index is 0.0687. The summed E-state index contributed by atoms with van der Waals surface area (Å²) in [5, 5.41) is 11.8. The molecule has 3 amide bonds. The number of amides is 3. The van der Waals surface area contributed by atoms with Crippen LogP contribution in [0.25, 0.3) is 0 Å².